The molecular weight excluding hydrogens is 342 g/mol. The molecule has 1 heterocycles. The van der Waals surface area contributed by atoms with Crippen LogP contribution in [0.5, 0.6) is 0 Å². The van der Waals surface area contributed by atoms with Crippen molar-refractivity contribution >= 4 is 23.5 Å². The average Bonchev–Trinajstić information content (AvgIpc) is 2.95. The van der Waals surface area contributed by atoms with E-state index in [9.17, 15) is 14.7 Å². The fraction of sp³-hybridized carbons (Fsp3) is 0.389. The lowest BCUT2D eigenvalue weighted by Gasteiger charge is -2.30. The highest BCUT2D eigenvalue weighted by molar-refractivity contribution is 6.30. The monoisotopic (exact) mass is 363 g/mol. The topological polar surface area (TPSA) is 84.2 Å². The third-order valence-corrected chi connectivity index (χ3v) is 4.53. The van der Waals surface area contributed by atoms with Gasteiger partial charge in [-0.3, -0.25) is 9.48 Å². The molecule has 1 aromatic heterocycles. The first-order valence-electron chi connectivity index (χ1n) is 8.07. The normalized spacial score (nSPS) is 13.5. The zero-order valence-corrected chi connectivity index (χ0v) is 15.5. The zero-order chi connectivity index (χ0) is 18.8. The van der Waals surface area contributed by atoms with Crippen molar-refractivity contribution in [1.82, 2.24) is 15.1 Å². The number of carboxylic acid groups (broad SMARTS) is 1. The Morgan fingerprint density at radius 1 is 1.32 bits per heavy atom. The molecule has 0 aliphatic rings. The lowest BCUT2D eigenvalue weighted by atomic mass is 9.87. The van der Waals surface area contributed by atoms with Crippen LogP contribution in [0.25, 0.3) is 0 Å². The van der Waals surface area contributed by atoms with Gasteiger partial charge in [0, 0.05) is 12.1 Å². The van der Waals surface area contributed by atoms with E-state index in [-0.39, 0.29) is 12.3 Å². The molecule has 0 saturated carbocycles. The second kappa shape index (κ2) is 7.27. The summed E-state index contributed by atoms with van der Waals surface area (Å²) >= 11 is 5.89. The van der Waals surface area contributed by atoms with Crippen LogP contribution in [-0.2, 0) is 17.4 Å². The van der Waals surface area contributed by atoms with Crippen molar-refractivity contribution < 1.29 is 14.7 Å². The summed E-state index contributed by atoms with van der Waals surface area (Å²) in [6.07, 6.45) is 0.185. The van der Waals surface area contributed by atoms with Crippen LogP contribution >= 0.6 is 11.6 Å². The molecule has 2 rings (SSSR count). The van der Waals surface area contributed by atoms with E-state index in [1.54, 1.807) is 44.3 Å². The molecule has 1 amide bonds. The number of hydrogen-bond acceptors (Lipinski definition) is 3. The maximum Gasteiger partial charge on any atom is 0.334 e. The van der Waals surface area contributed by atoms with Gasteiger partial charge >= 0.3 is 5.97 Å². The minimum atomic E-state index is -1.54. The van der Waals surface area contributed by atoms with Crippen molar-refractivity contribution in [2.24, 2.45) is 7.05 Å². The van der Waals surface area contributed by atoms with E-state index in [0.29, 0.717) is 16.3 Å². The number of carbonyl (C=O) groups excluding carboxylic acids is 1. The summed E-state index contributed by atoms with van der Waals surface area (Å²) in [5, 5.41) is 17.3. The number of aliphatic carboxylic acids is 1. The smallest absolute Gasteiger partial charge is 0.334 e. The summed E-state index contributed by atoms with van der Waals surface area (Å²) in [7, 11) is 1.66. The SMILES string of the molecule is CCC(NC(=O)c1cc(C(C)C)nn1C)(C(=O)O)c1ccc(Cl)cc1. The Morgan fingerprint density at radius 3 is 2.36 bits per heavy atom. The van der Waals surface area contributed by atoms with E-state index < -0.39 is 17.4 Å². The van der Waals surface area contributed by atoms with Crippen molar-refractivity contribution in [3.63, 3.8) is 0 Å². The van der Waals surface area contributed by atoms with Crippen LogP contribution in [0.15, 0.2) is 30.3 Å². The summed E-state index contributed by atoms with van der Waals surface area (Å²) < 4.78 is 1.47. The largest absolute Gasteiger partial charge is 0.479 e. The second-order valence-corrected chi connectivity index (χ2v) is 6.69. The molecule has 2 N–H and O–H groups in total. The lowest BCUT2D eigenvalue weighted by Crippen LogP contribution is -2.51. The van der Waals surface area contributed by atoms with E-state index in [1.807, 2.05) is 13.8 Å². The van der Waals surface area contributed by atoms with Crippen LogP contribution < -0.4 is 5.32 Å². The van der Waals surface area contributed by atoms with E-state index in [0.717, 1.165) is 5.69 Å². The molecule has 0 aliphatic heterocycles. The Balaban J connectivity index is 2.42. The molecule has 2 aromatic rings. The van der Waals surface area contributed by atoms with E-state index in [1.165, 1.54) is 4.68 Å². The van der Waals surface area contributed by atoms with Gasteiger partial charge in [-0.25, -0.2) is 4.79 Å². The molecule has 0 radical (unpaired) electrons. The molecule has 0 spiro atoms. The highest BCUT2D eigenvalue weighted by Crippen LogP contribution is 2.28. The number of halogens is 1. The number of hydrogen-bond donors (Lipinski definition) is 2. The number of amides is 1. The first kappa shape index (κ1) is 19.0. The summed E-state index contributed by atoms with van der Waals surface area (Å²) in [4.78, 5) is 24.8. The number of nitrogens with one attached hydrogen (secondary N) is 1. The Morgan fingerprint density at radius 2 is 1.92 bits per heavy atom. The molecule has 0 fully saturated rings. The standard InChI is InChI=1S/C18H22ClN3O3/c1-5-18(17(24)25,12-6-8-13(19)9-7-12)20-16(23)15-10-14(11(2)3)21-22(15)4/h6-11H,5H2,1-4H3,(H,20,23)(H,24,25). The molecule has 1 aromatic carbocycles. The Labute approximate surface area is 151 Å². The number of benzene rings is 1. The van der Waals surface area contributed by atoms with Gasteiger partial charge in [0.2, 0.25) is 0 Å². The van der Waals surface area contributed by atoms with Crippen molar-refractivity contribution in [2.45, 2.75) is 38.6 Å². The predicted octanol–water partition coefficient (Wildman–Crippen LogP) is 3.32. The number of carbonyl (C=O) groups is 2. The Kier molecular flexibility index (Phi) is 5.52. The Hall–Kier alpha value is -2.34. The predicted molar refractivity (Wildman–Crippen MR) is 95.8 cm³/mol. The highest BCUT2D eigenvalue weighted by Gasteiger charge is 2.41. The molecule has 0 bridgehead atoms. The van der Waals surface area contributed by atoms with Gasteiger partial charge in [0.1, 0.15) is 5.69 Å². The summed E-state index contributed by atoms with van der Waals surface area (Å²) in [5.74, 6) is -1.45. The van der Waals surface area contributed by atoms with Crippen LogP contribution in [0.3, 0.4) is 0 Å². The van der Waals surface area contributed by atoms with Crippen molar-refractivity contribution in [1.29, 1.82) is 0 Å². The average molecular weight is 364 g/mol. The molecule has 134 valence electrons. The molecule has 0 saturated heterocycles. The molecule has 25 heavy (non-hydrogen) atoms. The minimum Gasteiger partial charge on any atom is -0.479 e. The summed E-state index contributed by atoms with van der Waals surface area (Å²) in [6, 6.07) is 8.13. The van der Waals surface area contributed by atoms with Crippen molar-refractivity contribution in [3.05, 3.63) is 52.3 Å². The minimum absolute atomic E-state index is 0.166. The second-order valence-electron chi connectivity index (χ2n) is 6.26. The number of rotatable bonds is 6. The van der Waals surface area contributed by atoms with Crippen molar-refractivity contribution in [3.8, 4) is 0 Å². The number of aromatic nitrogens is 2. The van der Waals surface area contributed by atoms with Gasteiger partial charge in [0.25, 0.3) is 5.91 Å². The molecule has 1 unspecified atom stereocenters. The lowest BCUT2D eigenvalue weighted by molar-refractivity contribution is -0.145. The van der Waals surface area contributed by atoms with Gasteiger partial charge in [0.15, 0.2) is 5.54 Å². The van der Waals surface area contributed by atoms with Gasteiger partial charge in [0.05, 0.1) is 5.69 Å². The van der Waals surface area contributed by atoms with Crippen LogP contribution in [0.2, 0.25) is 5.02 Å². The summed E-state index contributed by atoms with van der Waals surface area (Å²) in [6.45, 7) is 5.67. The van der Waals surface area contributed by atoms with Gasteiger partial charge in [-0.1, -0.05) is 44.5 Å². The van der Waals surface area contributed by atoms with Gasteiger partial charge in [-0.2, -0.15) is 5.10 Å². The van der Waals surface area contributed by atoms with Gasteiger partial charge in [-0.15, -0.1) is 0 Å². The maximum absolute atomic E-state index is 12.8. The fourth-order valence-electron chi connectivity index (χ4n) is 2.67. The third-order valence-electron chi connectivity index (χ3n) is 4.28. The quantitative estimate of drug-likeness (QED) is 0.824. The van der Waals surface area contributed by atoms with E-state index in [2.05, 4.69) is 10.4 Å². The van der Waals surface area contributed by atoms with Crippen LogP contribution in [0.4, 0.5) is 0 Å². The molecule has 7 heteroatoms. The first-order valence-corrected chi connectivity index (χ1v) is 8.45. The number of aryl methyl sites for hydroxylation is 1. The zero-order valence-electron chi connectivity index (χ0n) is 14.7. The molecule has 6 nitrogen and oxygen atoms in total. The van der Waals surface area contributed by atoms with Gasteiger partial charge in [-0.05, 0) is 36.1 Å². The maximum atomic E-state index is 12.8. The molecule has 1 atom stereocenters. The highest BCUT2D eigenvalue weighted by atomic mass is 35.5. The fourth-order valence-corrected chi connectivity index (χ4v) is 2.80. The van der Waals surface area contributed by atoms with Crippen LogP contribution in [0, 0.1) is 0 Å². The van der Waals surface area contributed by atoms with Gasteiger partial charge < -0.3 is 10.4 Å². The van der Waals surface area contributed by atoms with Crippen molar-refractivity contribution in [2.75, 3.05) is 0 Å². The number of nitrogens with zero attached hydrogens (tertiary/aromatic N) is 2. The molecular formula is C18H22ClN3O3. The van der Waals surface area contributed by atoms with E-state index in [4.69, 9.17) is 11.6 Å². The number of carboxylic acids is 1. The third kappa shape index (κ3) is 3.69. The van der Waals surface area contributed by atoms with Crippen LogP contribution in [-0.4, -0.2) is 26.8 Å². The molecule has 0 aliphatic carbocycles. The first-order chi connectivity index (χ1) is 11.7. The Bertz CT molecular complexity index is 783. The summed E-state index contributed by atoms with van der Waals surface area (Å²) in [5.41, 5.74) is 0.0176. The van der Waals surface area contributed by atoms with Crippen LogP contribution in [0.1, 0.15) is 54.9 Å². The van der Waals surface area contributed by atoms with E-state index >= 15 is 0 Å².